The Morgan fingerprint density at radius 3 is 2.41 bits per heavy atom. The van der Waals surface area contributed by atoms with Crippen molar-refractivity contribution in [1.29, 1.82) is 0 Å². The minimum absolute atomic E-state index is 0.0202. The molecule has 4 heteroatoms. The fourth-order valence-electron chi connectivity index (χ4n) is 2.69. The summed E-state index contributed by atoms with van der Waals surface area (Å²) < 4.78 is 0. The van der Waals surface area contributed by atoms with E-state index in [1.165, 1.54) is 19.3 Å². The molecule has 0 bridgehead atoms. The lowest BCUT2D eigenvalue weighted by atomic mass is 10.1. The van der Waals surface area contributed by atoms with E-state index in [1.54, 1.807) is 4.90 Å². The van der Waals surface area contributed by atoms with Gasteiger partial charge in [-0.25, -0.2) is 0 Å². The van der Waals surface area contributed by atoms with Crippen molar-refractivity contribution in [1.82, 2.24) is 4.90 Å². The Hall–Kier alpha value is -1.68. The Morgan fingerprint density at radius 2 is 1.77 bits per heavy atom. The lowest BCUT2D eigenvalue weighted by Gasteiger charge is -2.20. The Labute approximate surface area is 138 Å². The Bertz CT molecular complexity index is 553. The monoisotopic (exact) mass is 316 g/mol. The molecule has 1 fully saturated rings. The van der Waals surface area contributed by atoms with Gasteiger partial charge in [0.05, 0.1) is 0 Å². The molecule has 1 amide bonds. The quantitative estimate of drug-likeness (QED) is 0.420. The van der Waals surface area contributed by atoms with Gasteiger partial charge >= 0.3 is 0 Å². The molecule has 1 heterocycles. The molecule has 1 saturated heterocycles. The minimum atomic E-state index is 0.0202. The van der Waals surface area contributed by atoms with E-state index < -0.39 is 0 Å². The third kappa shape index (κ3) is 3.55. The molecule has 118 valence electrons. The average molecular weight is 316 g/mol. The van der Waals surface area contributed by atoms with E-state index in [2.05, 4.69) is 6.92 Å². The molecule has 2 rings (SSSR count). The van der Waals surface area contributed by atoms with E-state index in [1.807, 2.05) is 48.2 Å². The number of carbonyl (C=O) groups excluding carboxylic acids is 1. The Balaban J connectivity index is 2.08. The summed E-state index contributed by atoms with van der Waals surface area (Å²) in [6.07, 6.45) is 7.71. The van der Waals surface area contributed by atoms with Crippen LogP contribution in [0, 0.1) is 0 Å². The molecule has 0 radical (unpaired) electrons. The molecule has 22 heavy (non-hydrogen) atoms. The highest BCUT2D eigenvalue weighted by Crippen LogP contribution is 2.28. The maximum atomic E-state index is 12.6. The number of thiocarbonyl (C=S) groups is 1. The normalized spacial score (nSPS) is 16.9. The third-order valence-electron chi connectivity index (χ3n) is 3.90. The van der Waals surface area contributed by atoms with Crippen LogP contribution in [0.15, 0.2) is 42.1 Å². The van der Waals surface area contributed by atoms with Gasteiger partial charge in [0.15, 0.2) is 5.11 Å². The van der Waals surface area contributed by atoms with E-state index in [4.69, 9.17) is 12.2 Å². The second kappa shape index (κ2) is 8.08. The van der Waals surface area contributed by atoms with Crippen molar-refractivity contribution in [2.24, 2.45) is 0 Å². The largest absolute Gasteiger partial charge is 0.283 e. The Kier molecular flexibility index (Phi) is 6.13. The summed E-state index contributed by atoms with van der Waals surface area (Å²) in [5, 5.41) is 0.597. The first-order valence-corrected chi connectivity index (χ1v) is 8.48. The van der Waals surface area contributed by atoms with Crippen LogP contribution in [0.1, 0.15) is 46.0 Å². The van der Waals surface area contributed by atoms with Crippen molar-refractivity contribution in [3.05, 3.63) is 42.1 Å². The number of unbranched alkanes of at least 4 members (excludes halogenated alkanes) is 4. The van der Waals surface area contributed by atoms with Crippen molar-refractivity contribution < 1.29 is 4.79 Å². The van der Waals surface area contributed by atoms with Crippen LogP contribution < -0.4 is 4.90 Å². The summed E-state index contributed by atoms with van der Waals surface area (Å²) in [5.74, 6) is 0.0202. The molecular weight excluding hydrogens is 292 g/mol. The van der Waals surface area contributed by atoms with Crippen molar-refractivity contribution in [3.8, 4) is 0 Å². The number of hydrogen-bond acceptors (Lipinski definition) is 2. The van der Waals surface area contributed by atoms with Crippen molar-refractivity contribution in [3.63, 3.8) is 0 Å². The number of anilines is 1. The molecule has 0 aliphatic carbocycles. The molecule has 0 unspecified atom stereocenters. The van der Waals surface area contributed by atoms with Crippen LogP contribution in [-0.4, -0.2) is 22.5 Å². The molecule has 3 nitrogen and oxygen atoms in total. The fourth-order valence-corrected chi connectivity index (χ4v) is 3.07. The lowest BCUT2D eigenvalue weighted by molar-refractivity contribution is -0.122. The second-order valence-electron chi connectivity index (χ2n) is 5.50. The van der Waals surface area contributed by atoms with Gasteiger partial charge in [0.2, 0.25) is 0 Å². The molecule has 0 aromatic heterocycles. The van der Waals surface area contributed by atoms with Gasteiger partial charge in [-0.3, -0.25) is 14.6 Å². The molecule has 1 aromatic carbocycles. The van der Waals surface area contributed by atoms with Crippen LogP contribution in [0.5, 0.6) is 0 Å². The first kappa shape index (κ1) is 16.7. The number of nitrogens with zero attached hydrogens (tertiary/aromatic N) is 2. The van der Waals surface area contributed by atoms with Gasteiger partial charge in [0, 0.05) is 12.2 Å². The Morgan fingerprint density at radius 1 is 1.09 bits per heavy atom. The summed E-state index contributed by atoms with van der Waals surface area (Å²) in [7, 11) is 0. The van der Waals surface area contributed by atoms with E-state index in [9.17, 15) is 4.79 Å². The summed E-state index contributed by atoms with van der Waals surface area (Å²) in [6.45, 7) is 4.80. The van der Waals surface area contributed by atoms with Gasteiger partial charge < -0.3 is 0 Å². The predicted molar refractivity (Wildman–Crippen MR) is 95.7 cm³/mol. The number of amides is 1. The molecular formula is C18H24N2OS. The van der Waals surface area contributed by atoms with Crippen LogP contribution in [0.4, 0.5) is 5.69 Å². The second-order valence-corrected chi connectivity index (χ2v) is 5.86. The van der Waals surface area contributed by atoms with E-state index >= 15 is 0 Å². The van der Waals surface area contributed by atoms with E-state index in [0.717, 1.165) is 18.5 Å². The van der Waals surface area contributed by atoms with Gasteiger partial charge in [0.1, 0.15) is 5.70 Å². The number of hydrogen-bond donors (Lipinski definition) is 0. The van der Waals surface area contributed by atoms with Gasteiger partial charge in [-0.2, -0.15) is 0 Å². The predicted octanol–water partition coefficient (Wildman–Crippen LogP) is 4.49. The highest BCUT2D eigenvalue weighted by molar-refractivity contribution is 7.80. The van der Waals surface area contributed by atoms with E-state index in [0.29, 0.717) is 17.4 Å². The molecule has 0 atom stereocenters. The highest BCUT2D eigenvalue weighted by atomic mass is 32.1. The van der Waals surface area contributed by atoms with Gasteiger partial charge in [0.25, 0.3) is 5.91 Å². The molecule has 1 aliphatic heterocycles. The van der Waals surface area contributed by atoms with Crippen LogP contribution in [0.3, 0.4) is 0 Å². The SMILES string of the molecule is CC=C1C(=O)N(CCCCCCC)C(=S)N1c1ccccc1. The summed E-state index contributed by atoms with van der Waals surface area (Å²) >= 11 is 5.56. The van der Waals surface area contributed by atoms with Crippen LogP contribution >= 0.6 is 12.2 Å². The number of rotatable bonds is 7. The van der Waals surface area contributed by atoms with Crippen LogP contribution in [-0.2, 0) is 4.79 Å². The van der Waals surface area contributed by atoms with E-state index in [-0.39, 0.29) is 5.91 Å². The van der Waals surface area contributed by atoms with Gasteiger partial charge in [-0.1, -0.05) is 56.9 Å². The first-order valence-electron chi connectivity index (χ1n) is 8.08. The molecule has 1 aliphatic rings. The maximum absolute atomic E-state index is 12.6. The van der Waals surface area contributed by atoms with Gasteiger partial charge in [-0.05, 0) is 37.7 Å². The minimum Gasteiger partial charge on any atom is -0.283 e. The zero-order valence-corrected chi connectivity index (χ0v) is 14.2. The first-order chi connectivity index (χ1) is 10.7. The molecule has 0 spiro atoms. The fraction of sp³-hybridized carbons (Fsp3) is 0.444. The summed E-state index contributed by atoms with van der Waals surface area (Å²) in [5.41, 5.74) is 1.60. The van der Waals surface area contributed by atoms with Crippen molar-refractivity contribution in [2.75, 3.05) is 11.4 Å². The smallest absolute Gasteiger partial charge is 0.276 e. The zero-order valence-electron chi connectivity index (χ0n) is 13.4. The van der Waals surface area contributed by atoms with Gasteiger partial charge in [-0.15, -0.1) is 0 Å². The summed E-state index contributed by atoms with van der Waals surface area (Å²) in [4.78, 5) is 16.2. The number of allylic oxidation sites excluding steroid dienone is 1. The molecule has 0 saturated carbocycles. The number of para-hydroxylation sites is 1. The average Bonchev–Trinajstić information content (AvgIpc) is 2.79. The topological polar surface area (TPSA) is 23.6 Å². The highest BCUT2D eigenvalue weighted by Gasteiger charge is 2.37. The number of benzene rings is 1. The number of carbonyl (C=O) groups is 1. The third-order valence-corrected chi connectivity index (χ3v) is 4.30. The maximum Gasteiger partial charge on any atom is 0.276 e. The van der Waals surface area contributed by atoms with Crippen LogP contribution in [0.2, 0.25) is 0 Å². The molecule has 1 aromatic rings. The zero-order chi connectivity index (χ0) is 15.9. The summed E-state index contributed by atoms with van der Waals surface area (Å²) in [6, 6.07) is 9.85. The standard InChI is InChI=1S/C18H24N2OS/c1-3-5-6-7-11-14-19-17(21)16(4-2)20(18(19)22)15-12-9-8-10-13-15/h4,8-10,12-13H,3,5-7,11,14H2,1-2H3. The van der Waals surface area contributed by atoms with Crippen molar-refractivity contribution >= 4 is 28.9 Å². The molecule has 0 N–H and O–H groups in total. The van der Waals surface area contributed by atoms with Crippen molar-refractivity contribution in [2.45, 2.75) is 46.0 Å². The lowest BCUT2D eigenvalue weighted by Crippen LogP contribution is -2.33. The van der Waals surface area contributed by atoms with Crippen LogP contribution in [0.25, 0.3) is 0 Å².